The van der Waals surface area contributed by atoms with Crippen molar-refractivity contribution in [2.24, 2.45) is 0 Å². The van der Waals surface area contributed by atoms with Gasteiger partial charge in [0.1, 0.15) is 5.82 Å². The van der Waals surface area contributed by atoms with Crippen molar-refractivity contribution in [3.05, 3.63) is 53.7 Å². The fourth-order valence-electron chi connectivity index (χ4n) is 1.13. The predicted molar refractivity (Wildman–Crippen MR) is 57.5 cm³/mol. The van der Waals surface area contributed by atoms with E-state index in [9.17, 15) is 12.8 Å². The zero-order valence-electron chi connectivity index (χ0n) is 8.27. The van der Waals surface area contributed by atoms with Crippen LogP contribution < -0.4 is 0 Å². The molecular weight excluding hydrogens is 215 g/mol. The third kappa shape index (κ3) is 2.33. The van der Waals surface area contributed by atoms with Gasteiger partial charge >= 0.3 is 0 Å². The molecule has 1 aromatic carbocycles. The smallest absolute Gasteiger partial charge is 0.206 e. The molecule has 0 aliphatic carbocycles. The van der Waals surface area contributed by atoms with Crippen molar-refractivity contribution in [3.63, 3.8) is 0 Å². The summed E-state index contributed by atoms with van der Waals surface area (Å²) in [4.78, 5) is 0.186. The largest absolute Gasteiger partial charge is 0.219 e. The van der Waals surface area contributed by atoms with Crippen molar-refractivity contribution < 1.29 is 12.8 Å². The van der Waals surface area contributed by atoms with Gasteiger partial charge in [-0.3, -0.25) is 0 Å². The third-order valence-corrected chi connectivity index (χ3v) is 3.84. The van der Waals surface area contributed by atoms with Crippen molar-refractivity contribution in [2.75, 3.05) is 0 Å². The second kappa shape index (κ2) is 4.40. The highest BCUT2D eigenvalue weighted by atomic mass is 32.2. The summed E-state index contributed by atoms with van der Waals surface area (Å²) >= 11 is 0. The van der Waals surface area contributed by atoms with Crippen LogP contribution in [0.1, 0.15) is 6.92 Å². The second-order valence-electron chi connectivity index (χ2n) is 2.85. The normalized spacial score (nSPS) is 12.5. The molecule has 0 saturated carbocycles. The van der Waals surface area contributed by atoms with E-state index in [2.05, 4.69) is 6.58 Å². The Hall–Kier alpha value is -1.42. The van der Waals surface area contributed by atoms with Crippen LogP contribution in [0.15, 0.2) is 52.8 Å². The SMILES string of the molecule is C=CC(=CC)S(=O)(=O)c1ccc(F)cc1. The Labute approximate surface area is 88.7 Å². The molecule has 0 unspecified atom stereocenters. The van der Waals surface area contributed by atoms with Crippen LogP contribution in [-0.4, -0.2) is 8.42 Å². The van der Waals surface area contributed by atoms with E-state index in [0.29, 0.717) is 0 Å². The summed E-state index contributed by atoms with van der Waals surface area (Å²) in [5.41, 5.74) is 0. The summed E-state index contributed by atoms with van der Waals surface area (Å²) in [6, 6.07) is 4.70. The summed E-state index contributed by atoms with van der Waals surface area (Å²) in [5.74, 6) is -0.463. The highest BCUT2D eigenvalue weighted by molar-refractivity contribution is 7.95. The molecule has 80 valence electrons. The number of hydrogen-bond donors (Lipinski definition) is 0. The lowest BCUT2D eigenvalue weighted by atomic mass is 10.4. The van der Waals surface area contributed by atoms with E-state index in [0.717, 1.165) is 12.1 Å². The zero-order valence-corrected chi connectivity index (χ0v) is 9.09. The molecule has 15 heavy (non-hydrogen) atoms. The first-order valence-corrected chi connectivity index (χ1v) is 5.80. The van der Waals surface area contributed by atoms with Crippen LogP contribution in [0.2, 0.25) is 0 Å². The molecule has 0 N–H and O–H groups in total. The van der Waals surface area contributed by atoms with E-state index >= 15 is 0 Å². The molecule has 0 aliphatic rings. The van der Waals surface area contributed by atoms with Gasteiger partial charge in [0.15, 0.2) is 0 Å². The average Bonchev–Trinajstić information content (AvgIpc) is 2.19. The van der Waals surface area contributed by atoms with Crippen LogP contribution in [0.4, 0.5) is 4.39 Å². The van der Waals surface area contributed by atoms with Gasteiger partial charge in [0.2, 0.25) is 9.84 Å². The summed E-state index contributed by atoms with van der Waals surface area (Å²) in [6.45, 7) is 5.03. The minimum Gasteiger partial charge on any atom is -0.219 e. The molecule has 1 rings (SSSR count). The summed E-state index contributed by atoms with van der Waals surface area (Å²) in [6.07, 6.45) is 2.71. The number of allylic oxidation sites excluding steroid dienone is 2. The van der Waals surface area contributed by atoms with Gasteiger partial charge in [-0.05, 0) is 31.2 Å². The topological polar surface area (TPSA) is 34.1 Å². The predicted octanol–water partition coefficient (Wildman–Crippen LogP) is 2.69. The summed E-state index contributed by atoms with van der Waals surface area (Å²) < 4.78 is 36.3. The molecule has 0 fully saturated rings. The lowest BCUT2D eigenvalue weighted by Crippen LogP contribution is -2.02. The van der Waals surface area contributed by atoms with E-state index in [4.69, 9.17) is 0 Å². The van der Waals surface area contributed by atoms with Gasteiger partial charge in [-0.15, -0.1) is 0 Å². The van der Waals surface area contributed by atoms with E-state index in [1.54, 1.807) is 6.92 Å². The Morgan fingerprint density at radius 2 is 1.87 bits per heavy atom. The Morgan fingerprint density at radius 1 is 1.33 bits per heavy atom. The molecular formula is C11H11FO2S. The second-order valence-corrected chi connectivity index (χ2v) is 4.80. The maximum Gasteiger partial charge on any atom is 0.206 e. The molecule has 0 saturated heterocycles. The molecule has 0 atom stereocenters. The van der Waals surface area contributed by atoms with Crippen molar-refractivity contribution in [1.29, 1.82) is 0 Å². The summed E-state index contributed by atoms with van der Waals surface area (Å²) in [7, 11) is -3.54. The standard InChI is InChI=1S/C11H11FO2S/c1-3-10(4-2)15(13,14)11-7-5-9(12)6-8-11/h3-8H,1H2,2H3. The Bertz CT molecular complexity index is 484. The number of rotatable bonds is 3. The van der Waals surface area contributed by atoms with Crippen LogP contribution >= 0.6 is 0 Å². The van der Waals surface area contributed by atoms with Crippen molar-refractivity contribution in [3.8, 4) is 0 Å². The van der Waals surface area contributed by atoms with Crippen LogP contribution in [0.3, 0.4) is 0 Å². The van der Waals surface area contributed by atoms with Gasteiger partial charge < -0.3 is 0 Å². The van der Waals surface area contributed by atoms with Gasteiger partial charge in [-0.1, -0.05) is 18.7 Å². The molecule has 0 radical (unpaired) electrons. The first-order valence-electron chi connectivity index (χ1n) is 4.31. The average molecular weight is 226 g/mol. The lowest BCUT2D eigenvalue weighted by Gasteiger charge is -2.04. The molecule has 0 bridgehead atoms. The van der Waals surface area contributed by atoms with Crippen LogP contribution in [-0.2, 0) is 9.84 Å². The first-order chi connectivity index (χ1) is 7.02. The number of benzene rings is 1. The Kier molecular flexibility index (Phi) is 3.42. The highest BCUT2D eigenvalue weighted by Gasteiger charge is 2.17. The Morgan fingerprint density at radius 3 is 2.27 bits per heavy atom. The molecule has 0 aliphatic heterocycles. The van der Waals surface area contributed by atoms with Gasteiger partial charge in [-0.25, -0.2) is 12.8 Å². The van der Waals surface area contributed by atoms with Crippen LogP contribution in [0.25, 0.3) is 0 Å². The minimum atomic E-state index is -3.54. The van der Waals surface area contributed by atoms with E-state index in [-0.39, 0.29) is 9.80 Å². The number of sulfone groups is 1. The minimum absolute atomic E-state index is 0.0666. The fourth-order valence-corrected chi connectivity index (χ4v) is 2.43. The maximum atomic E-state index is 12.6. The fraction of sp³-hybridized carbons (Fsp3) is 0.0909. The Balaban J connectivity index is 3.29. The molecule has 4 heteroatoms. The summed E-state index contributed by atoms with van der Waals surface area (Å²) in [5, 5.41) is 0. The number of hydrogen-bond acceptors (Lipinski definition) is 2. The molecule has 0 spiro atoms. The van der Waals surface area contributed by atoms with E-state index < -0.39 is 15.7 Å². The van der Waals surface area contributed by atoms with Crippen molar-refractivity contribution in [1.82, 2.24) is 0 Å². The van der Waals surface area contributed by atoms with Gasteiger partial charge in [0.25, 0.3) is 0 Å². The lowest BCUT2D eigenvalue weighted by molar-refractivity contribution is 0.601. The molecule has 1 aromatic rings. The highest BCUT2D eigenvalue weighted by Crippen LogP contribution is 2.19. The van der Waals surface area contributed by atoms with Gasteiger partial charge in [0, 0.05) is 0 Å². The van der Waals surface area contributed by atoms with Crippen molar-refractivity contribution >= 4 is 9.84 Å². The molecule has 0 amide bonds. The quantitative estimate of drug-likeness (QED) is 0.586. The molecule has 0 aromatic heterocycles. The monoisotopic (exact) mass is 226 g/mol. The van der Waals surface area contributed by atoms with Gasteiger partial charge in [-0.2, -0.15) is 0 Å². The van der Waals surface area contributed by atoms with E-state index in [1.807, 2.05) is 0 Å². The number of halogens is 1. The first kappa shape index (κ1) is 11.7. The third-order valence-electron chi connectivity index (χ3n) is 1.92. The van der Waals surface area contributed by atoms with Crippen LogP contribution in [0.5, 0.6) is 0 Å². The zero-order chi connectivity index (χ0) is 11.5. The molecule has 2 nitrogen and oxygen atoms in total. The van der Waals surface area contributed by atoms with E-state index in [1.165, 1.54) is 24.3 Å². The van der Waals surface area contributed by atoms with Crippen molar-refractivity contribution in [2.45, 2.75) is 11.8 Å². The van der Waals surface area contributed by atoms with Gasteiger partial charge in [0.05, 0.1) is 9.80 Å². The maximum absolute atomic E-state index is 12.6. The molecule has 0 heterocycles. The van der Waals surface area contributed by atoms with Crippen LogP contribution in [0, 0.1) is 5.82 Å².